The average molecular weight is 473 g/mol. The van der Waals surface area contributed by atoms with Gasteiger partial charge in [-0.2, -0.15) is 0 Å². The molecule has 0 saturated heterocycles. The molecule has 166 valence electrons. The molecule has 0 aliphatic heterocycles. The molecule has 0 atom stereocenters. The van der Waals surface area contributed by atoms with Crippen molar-refractivity contribution in [1.82, 2.24) is 38.7 Å². The average Bonchev–Trinajstić information content (AvgIpc) is 3.65. The van der Waals surface area contributed by atoms with Crippen LogP contribution in [0.1, 0.15) is 0 Å². The van der Waals surface area contributed by atoms with E-state index in [0.717, 1.165) is 32.2 Å². The lowest BCUT2D eigenvalue weighted by atomic mass is 10.2. The van der Waals surface area contributed by atoms with Gasteiger partial charge >= 0.3 is 0 Å². The van der Waals surface area contributed by atoms with Crippen LogP contribution >= 0.6 is 11.3 Å². The first-order valence-electron chi connectivity index (χ1n) is 11.0. The van der Waals surface area contributed by atoms with E-state index >= 15 is 0 Å². The molecule has 0 unspecified atom stereocenters. The molecule has 0 aliphatic carbocycles. The van der Waals surface area contributed by atoms with Crippen LogP contribution in [0.25, 0.3) is 55.5 Å². The zero-order valence-corrected chi connectivity index (χ0v) is 19.0. The lowest BCUT2D eigenvalue weighted by Gasteiger charge is -1.98. The first-order chi connectivity index (χ1) is 17.4. The van der Waals surface area contributed by atoms with Crippen LogP contribution < -0.4 is 0 Å². The quantitative estimate of drug-likeness (QED) is 0.346. The largest absolute Gasteiger partial charge is 0.296 e. The number of pyridine rings is 2. The van der Waals surface area contributed by atoms with Crippen LogP contribution in [0.2, 0.25) is 0 Å². The minimum atomic E-state index is 0.587. The fourth-order valence-corrected chi connectivity index (χ4v) is 5.18. The van der Waals surface area contributed by atoms with E-state index in [0.29, 0.717) is 23.3 Å². The lowest BCUT2D eigenvalue weighted by molar-refractivity contribution is 1.07. The van der Waals surface area contributed by atoms with E-state index in [4.69, 9.17) is 9.97 Å². The van der Waals surface area contributed by atoms with Crippen molar-refractivity contribution in [2.45, 2.75) is 0 Å². The summed E-state index contributed by atoms with van der Waals surface area (Å²) in [7, 11) is 0. The van der Waals surface area contributed by atoms with Crippen LogP contribution in [0.4, 0.5) is 0 Å². The summed E-state index contributed by atoms with van der Waals surface area (Å²) in [5.74, 6) is 2.60. The Kier molecular flexibility index (Phi) is 4.46. The van der Waals surface area contributed by atoms with Gasteiger partial charge in [0.2, 0.25) is 0 Å². The summed E-state index contributed by atoms with van der Waals surface area (Å²) < 4.78 is 4.06. The van der Waals surface area contributed by atoms with Crippen LogP contribution in [0.15, 0.2) is 97.8 Å². The second-order valence-corrected chi connectivity index (χ2v) is 8.87. The van der Waals surface area contributed by atoms with Crippen molar-refractivity contribution in [2.75, 3.05) is 0 Å². The zero-order valence-electron chi connectivity index (χ0n) is 18.2. The number of fused-ring (bicyclic) bond motifs is 2. The molecular weight excluding hydrogens is 456 g/mol. The molecule has 0 radical (unpaired) electrons. The second-order valence-electron chi connectivity index (χ2n) is 7.79. The Labute approximate surface area is 203 Å². The Morgan fingerprint density at radius 2 is 0.971 bits per heavy atom. The van der Waals surface area contributed by atoms with Gasteiger partial charge < -0.3 is 0 Å². The monoisotopic (exact) mass is 472 g/mol. The molecular formula is C26H16N8S. The van der Waals surface area contributed by atoms with Gasteiger partial charge in [0.25, 0.3) is 0 Å². The Balaban J connectivity index is 1.38. The predicted octanol–water partition coefficient (Wildman–Crippen LogP) is 5.29. The molecule has 0 aliphatic rings. The van der Waals surface area contributed by atoms with E-state index in [2.05, 4.69) is 44.2 Å². The maximum atomic E-state index is 4.95. The van der Waals surface area contributed by atoms with Crippen molar-refractivity contribution in [1.29, 1.82) is 0 Å². The van der Waals surface area contributed by atoms with E-state index in [1.807, 2.05) is 45.5 Å². The molecule has 35 heavy (non-hydrogen) atoms. The zero-order chi connectivity index (χ0) is 23.2. The molecule has 0 N–H and O–H groups in total. The standard InChI is InChI=1S/C26H16N8S/c1-3-15-33-17(7-1)21(31-25(33)23-27-11-5-12-28-23)19-9-10-20(35-19)22-18-8-2-4-16-34(18)26(32-22)24-29-13-6-14-30-24/h1-16H. The summed E-state index contributed by atoms with van der Waals surface area (Å²) >= 11 is 1.65. The normalized spacial score (nSPS) is 11.4. The summed E-state index contributed by atoms with van der Waals surface area (Å²) in [4.78, 5) is 29.6. The van der Waals surface area contributed by atoms with Gasteiger partial charge in [0.15, 0.2) is 23.3 Å². The molecule has 9 heteroatoms. The Hall–Kier alpha value is -4.76. The van der Waals surface area contributed by atoms with Crippen molar-refractivity contribution in [3.63, 3.8) is 0 Å². The van der Waals surface area contributed by atoms with Crippen molar-refractivity contribution in [3.05, 3.63) is 97.8 Å². The molecule has 7 aromatic rings. The van der Waals surface area contributed by atoms with Gasteiger partial charge in [-0.05, 0) is 48.5 Å². The molecule has 0 fully saturated rings. The molecule has 7 rings (SSSR count). The third-order valence-corrected chi connectivity index (χ3v) is 6.80. The first kappa shape index (κ1) is 19.7. The highest BCUT2D eigenvalue weighted by Crippen LogP contribution is 2.39. The number of nitrogens with zero attached hydrogens (tertiary/aromatic N) is 8. The van der Waals surface area contributed by atoms with Crippen LogP contribution in [0.5, 0.6) is 0 Å². The highest BCUT2D eigenvalue weighted by atomic mass is 32.1. The Bertz CT molecular complexity index is 1670. The number of aromatic nitrogens is 8. The van der Waals surface area contributed by atoms with Crippen molar-refractivity contribution >= 4 is 22.4 Å². The first-order valence-corrected chi connectivity index (χ1v) is 11.8. The highest BCUT2D eigenvalue weighted by Gasteiger charge is 2.20. The Morgan fingerprint density at radius 1 is 0.514 bits per heavy atom. The van der Waals surface area contributed by atoms with Gasteiger partial charge in [-0.1, -0.05) is 12.1 Å². The second kappa shape index (κ2) is 7.93. The van der Waals surface area contributed by atoms with E-state index in [-0.39, 0.29) is 0 Å². The molecule has 0 saturated carbocycles. The van der Waals surface area contributed by atoms with Gasteiger partial charge in [-0.25, -0.2) is 29.9 Å². The van der Waals surface area contributed by atoms with Crippen molar-refractivity contribution in [2.24, 2.45) is 0 Å². The number of hydrogen-bond acceptors (Lipinski definition) is 7. The minimum Gasteiger partial charge on any atom is -0.296 e. The number of imidazole rings is 2. The Morgan fingerprint density at radius 3 is 1.43 bits per heavy atom. The van der Waals surface area contributed by atoms with E-state index in [1.165, 1.54) is 0 Å². The maximum Gasteiger partial charge on any atom is 0.196 e. The lowest BCUT2D eigenvalue weighted by Crippen LogP contribution is -1.93. The predicted molar refractivity (Wildman–Crippen MR) is 135 cm³/mol. The van der Waals surface area contributed by atoms with Gasteiger partial charge in [-0.3, -0.25) is 8.80 Å². The number of rotatable bonds is 4. The van der Waals surface area contributed by atoms with Crippen LogP contribution in [0.3, 0.4) is 0 Å². The topological polar surface area (TPSA) is 86.2 Å². The summed E-state index contributed by atoms with van der Waals surface area (Å²) in [5.41, 5.74) is 3.77. The van der Waals surface area contributed by atoms with Crippen LogP contribution in [0, 0.1) is 0 Å². The summed E-state index contributed by atoms with van der Waals surface area (Å²) in [5, 5.41) is 0. The number of thiophene rings is 1. The minimum absolute atomic E-state index is 0.587. The van der Waals surface area contributed by atoms with E-state index < -0.39 is 0 Å². The molecule has 0 aromatic carbocycles. The third kappa shape index (κ3) is 3.21. The number of hydrogen-bond donors (Lipinski definition) is 0. The van der Waals surface area contributed by atoms with Gasteiger partial charge in [0.05, 0.1) is 20.8 Å². The smallest absolute Gasteiger partial charge is 0.196 e. The van der Waals surface area contributed by atoms with E-state index in [1.54, 1.807) is 48.3 Å². The SMILES string of the molecule is c1cnc(-c2nc(-c3ccc(-c4nc(-c5ncccn5)n5ccccc45)s3)c3ccccn23)nc1. The van der Waals surface area contributed by atoms with Crippen molar-refractivity contribution in [3.8, 4) is 44.4 Å². The van der Waals surface area contributed by atoms with Crippen molar-refractivity contribution < 1.29 is 0 Å². The molecule has 7 aromatic heterocycles. The summed E-state index contributed by atoms with van der Waals surface area (Å²) in [6.07, 6.45) is 10.9. The molecule has 0 spiro atoms. The third-order valence-electron chi connectivity index (χ3n) is 5.70. The van der Waals surface area contributed by atoms with Crippen LogP contribution in [-0.4, -0.2) is 38.7 Å². The van der Waals surface area contributed by atoms with Crippen LogP contribution in [-0.2, 0) is 0 Å². The fourth-order valence-electron chi connectivity index (χ4n) is 4.18. The van der Waals surface area contributed by atoms with Gasteiger partial charge in [0, 0.05) is 37.2 Å². The summed E-state index contributed by atoms with van der Waals surface area (Å²) in [6, 6.07) is 19.9. The fraction of sp³-hybridized carbons (Fsp3) is 0. The molecule has 0 bridgehead atoms. The van der Waals surface area contributed by atoms with E-state index in [9.17, 15) is 0 Å². The molecule has 0 amide bonds. The molecule has 8 nitrogen and oxygen atoms in total. The highest BCUT2D eigenvalue weighted by molar-refractivity contribution is 7.18. The summed E-state index contributed by atoms with van der Waals surface area (Å²) in [6.45, 7) is 0. The maximum absolute atomic E-state index is 4.95. The van der Waals surface area contributed by atoms with Gasteiger partial charge in [-0.15, -0.1) is 11.3 Å². The molecule has 7 heterocycles. The van der Waals surface area contributed by atoms with Gasteiger partial charge in [0.1, 0.15) is 11.4 Å².